The van der Waals surface area contributed by atoms with Gasteiger partial charge < -0.3 is 14.9 Å². The van der Waals surface area contributed by atoms with Crippen molar-refractivity contribution >= 4 is 17.4 Å². The largest absolute Gasteiger partial charge is 0.478 e. The van der Waals surface area contributed by atoms with Crippen molar-refractivity contribution < 1.29 is 19.2 Å². The zero-order chi connectivity index (χ0) is 24.2. The summed E-state index contributed by atoms with van der Waals surface area (Å²) < 4.78 is 5.20. The molecule has 0 radical (unpaired) electrons. The Kier molecular flexibility index (Phi) is 17.9. The van der Waals surface area contributed by atoms with Gasteiger partial charge in [0.2, 0.25) is 0 Å². The smallest absolute Gasteiger partial charge is 0.335 e. The van der Waals surface area contributed by atoms with Crippen LogP contribution in [-0.4, -0.2) is 22.1 Å². The van der Waals surface area contributed by atoms with Crippen molar-refractivity contribution in [3.05, 3.63) is 83.8 Å². The van der Waals surface area contributed by atoms with E-state index in [0.717, 1.165) is 11.1 Å². The monoisotopic (exact) mass is 428 g/mol. The van der Waals surface area contributed by atoms with Crippen LogP contribution in [-0.2, 0) is 6.54 Å². The normalized spacial score (nSPS) is 9.84. The minimum absolute atomic E-state index is 0.164. The van der Waals surface area contributed by atoms with Crippen molar-refractivity contribution in [2.24, 2.45) is 0 Å². The lowest BCUT2D eigenvalue weighted by molar-refractivity contribution is 0.0696. The van der Waals surface area contributed by atoms with E-state index in [1.54, 1.807) is 30.4 Å². The van der Waals surface area contributed by atoms with Gasteiger partial charge in [-0.2, -0.15) is 0 Å². The van der Waals surface area contributed by atoms with Crippen LogP contribution in [0.25, 0.3) is 5.57 Å². The third kappa shape index (κ3) is 10.8. The average Bonchev–Trinajstić information content (AvgIpc) is 3.32. The van der Waals surface area contributed by atoms with Gasteiger partial charge >= 0.3 is 5.97 Å². The van der Waals surface area contributed by atoms with Crippen LogP contribution in [0.1, 0.15) is 80.6 Å². The van der Waals surface area contributed by atoms with E-state index in [1.807, 2.05) is 60.6 Å². The molecular weight excluding hydrogens is 392 g/mol. The second-order valence-electron chi connectivity index (χ2n) is 5.12. The van der Waals surface area contributed by atoms with Crippen LogP contribution in [0.2, 0.25) is 0 Å². The average molecular weight is 429 g/mol. The van der Waals surface area contributed by atoms with Gasteiger partial charge in [-0.1, -0.05) is 89.7 Å². The van der Waals surface area contributed by atoms with E-state index in [1.165, 1.54) is 12.1 Å². The first-order chi connectivity index (χ1) is 15.0. The molecule has 1 heterocycles. The lowest BCUT2D eigenvalue weighted by Crippen LogP contribution is -2.23. The van der Waals surface area contributed by atoms with E-state index < -0.39 is 5.97 Å². The Morgan fingerprint density at radius 2 is 1.68 bits per heavy atom. The fourth-order valence-corrected chi connectivity index (χ4v) is 2.08. The zero-order valence-corrected chi connectivity index (χ0v) is 19.7. The molecule has 2 N–H and O–H groups in total. The summed E-state index contributed by atoms with van der Waals surface area (Å²) >= 11 is 0. The topological polar surface area (TPSA) is 92.4 Å². The van der Waals surface area contributed by atoms with Crippen LogP contribution >= 0.6 is 0 Å². The number of carbonyl (C=O) groups is 2. The van der Waals surface area contributed by atoms with Crippen LogP contribution in [0.4, 0.5) is 0 Å². The number of hydrogen-bond donors (Lipinski definition) is 2. The van der Waals surface area contributed by atoms with Gasteiger partial charge in [0.15, 0.2) is 11.5 Å². The summed E-state index contributed by atoms with van der Waals surface area (Å²) in [6.45, 7) is 17.8. The maximum absolute atomic E-state index is 12.2. The van der Waals surface area contributed by atoms with Gasteiger partial charge in [0.05, 0.1) is 5.56 Å². The number of benzene rings is 1. The molecule has 0 bridgehead atoms. The first kappa shape index (κ1) is 29.8. The molecule has 1 amide bonds. The number of carboxylic acid groups (broad SMARTS) is 1. The van der Waals surface area contributed by atoms with Crippen LogP contribution in [0.3, 0.4) is 0 Å². The Hall–Kier alpha value is -3.41. The molecule has 0 saturated heterocycles. The van der Waals surface area contributed by atoms with Crippen LogP contribution in [0.15, 0.2) is 65.7 Å². The van der Waals surface area contributed by atoms with Crippen LogP contribution < -0.4 is 5.32 Å². The zero-order valence-electron chi connectivity index (χ0n) is 19.7. The molecule has 6 nitrogen and oxygen atoms in total. The highest BCUT2D eigenvalue weighted by molar-refractivity contribution is 5.93. The molecular formula is C25H36N2O4. The molecule has 0 saturated carbocycles. The van der Waals surface area contributed by atoms with E-state index in [0.29, 0.717) is 5.76 Å². The molecule has 0 unspecified atom stereocenters. The van der Waals surface area contributed by atoms with Crippen molar-refractivity contribution in [1.82, 2.24) is 10.5 Å². The highest BCUT2D eigenvalue weighted by atomic mass is 16.5. The molecule has 0 aliphatic carbocycles. The first-order valence-electron chi connectivity index (χ1n) is 10.6. The number of aromatic carboxylic acids is 1. The highest BCUT2D eigenvalue weighted by Crippen LogP contribution is 2.17. The summed E-state index contributed by atoms with van der Waals surface area (Å²) in [5.74, 6) is -0.903. The third-order valence-corrected chi connectivity index (χ3v) is 3.32. The molecule has 0 atom stereocenters. The van der Waals surface area contributed by atoms with E-state index in [2.05, 4.69) is 17.1 Å². The number of nitrogens with one attached hydrogen (secondary N) is 1. The maximum Gasteiger partial charge on any atom is 0.335 e. The van der Waals surface area contributed by atoms with Crippen molar-refractivity contribution in [3.8, 4) is 0 Å². The molecule has 6 heteroatoms. The van der Waals surface area contributed by atoms with E-state index in [4.69, 9.17) is 9.63 Å². The van der Waals surface area contributed by atoms with Crippen LogP contribution in [0, 0.1) is 0 Å². The fraction of sp³-hybridized carbons (Fsp3) is 0.320. The Morgan fingerprint density at radius 3 is 2.16 bits per heavy atom. The van der Waals surface area contributed by atoms with Crippen molar-refractivity contribution in [3.63, 3.8) is 0 Å². The SMILES string of the molecule is C=C/C=C(\C=C/C)c1cc(C(=O)NCc2ccc(C(=O)O)cc2)no1.CC.CC.CC. The number of carbonyl (C=O) groups excluding carboxylic acids is 1. The summed E-state index contributed by atoms with van der Waals surface area (Å²) in [7, 11) is 0. The number of amides is 1. The second-order valence-corrected chi connectivity index (χ2v) is 5.12. The van der Waals surface area contributed by atoms with Gasteiger partial charge in [-0.05, 0) is 24.6 Å². The van der Waals surface area contributed by atoms with Gasteiger partial charge in [-0.15, -0.1) is 0 Å². The summed E-state index contributed by atoms with van der Waals surface area (Å²) in [6, 6.07) is 7.82. The van der Waals surface area contributed by atoms with E-state index in [-0.39, 0.29) is 23.7 Å². The molecule has 2 rings (SSSR count). The number of aromatic nitrogens is 1. The molecule has 1 aromatic carbocycles. The Morgan fingerprint density at radius 1 is 1.10 bits per heavy atom. The summed E-state index contributed by atoms with van der Waals surface area (Å²) in [4.78, 5) is 23.0. The lowest BCUT2D eigenvalue weighted by Gasteiger charge is -2.03. The number of allylic oxidation sites excluding steroid dienone is 5. The predicted octanol–water partition coefficient (Wildman–Crippen LogP) is 6.53. The maximum atomic E-state index is 12.2. The quantitative estimate of drug-likeness (QED) is 0.489. The van der Waals surface area contributed by atoms with Gasteiger partial charge in [-0.3, -0.25) is 4.79 Å². The third-order valence-electron chi connectivity index (χ3n) is 3.32. The number of carboxylic acids is 1. The predicted molar refractivity (Wildman–Crippen MR) is 128 cm³/mol. The molecule has 170 valence electrons. The Labute approximate surface area is 186 Å². The fourth-order valence-electron chi connectivity index (χ4n) is 2.08. The molecule has 2 aromatic rings. The molecule has 0 aliphatic rings. The van der Waals surface area contributed by atoms with E-state index in [9.17, 15) is 9.59 Å². The molecule has 31 heavy (non-hydrogen) atoms. The minimum atomic E-state index is -0.991. The minimum Gasteiger partial charge on any atom is -0.478 e. The van der Waals surface area contributed by atoms with Gasteiger partial charge in [0.25, 0.3) is 5.91 Å². The highest BCUT2D eigenvalue weighted by Gasteiger charge is 2.13. The van der Waals surface area contributed by atoms with Gasteiger partial charge in [0.1, 0.15) is 0 Å². The molecule has 0 spiro atoms. The second kappa shape index (κ2) is 18.6. The van der Waals surface area contributed by atoms with E-state index >= 15 is 0 Å². The van der Waals surface area contributed by atoms with Crippen molar-refractivity contribution in [2.45, 2.75) is 55.0 Å². The molecule has 0 fully saturated rings. The number of hydrogen-bond acceptors (Lipinski definition) is 4. The molecule has 0 aliphatic heterocycles. The van der Waals surface area contributed by atoms with Crippen LogP contribution in [0.5, 0.6) is 0 Å². The molecule has 1 aromatic heterocycles. The Bertz CT molecular complexity index is 831. The first-order valence-corrected chi connectivity index (χ1v) is 10.6. The van der Waals surface area contributed by atoms with Gasteiger partial charge in [-0.25, -0.2) is 4.79 Å². The van der Waals surface area contributed by atoms with Crippen molar-refractivity contribution in [2.75, 3.05) is 0 Å². The Balaban J connectivity index is 0. The summed E-state index contributed by atoms with van der Waals surface area (Å²) in [6.07, 6.45) is 7.05. The number of rotatable bonds is 7. The standard InChI is InChI=1S/C19H18N2O4.3C2H6/c1-3-5-14(6-4-2)17-11-16(21-25-17)18(22)20-12-13-7-9-15(10-8-13)19(23)24;3*1-2/h3-11H,1,12H2,2H3,(H,20,22)(H,23,24);3*1-2H3/b6-4-,14-5+;;;. The lowest BCUT2D eigenvalue weighted by atomic mass is 10.1. The van der Waals surface area contributed by atoms with Crippen molar-refractivity contribution in [1.29, 1.82) is 0 Å². The number of nitrogens with zero attached hydrogens (tertiary/aromatic N) is 1. The summed E-state index contributed by atoms with van der Waals surface area (Å²) in [5.41, 5.74) is 1.90. The summed E-state index contributed by atoms with van der Waals surface area (Å²) in [5, 5.41) is 15.4. The van der Waals surface area contributed by atoms with Gasteiger partial charge in [0, 0.05) is 18.2 Å².